The van der Waals surface area contributed by atoms with Gasteiger partial charge in [0.2, 0.25) is 0 Å². The number of aliphatic hydroxyl groups excluding tert-OH is 1. The minimum absolute atomic E-state index is 0.349. The SMILES string of the molecule is [B][C@@H]1O[C@H](CO)[C@H](OP(C)(=O)O)C1OC. The van der Waals surface area contributed by atoms with Crippen molar-refractivity contribution < 1.29 is 28.6 Å². The van der Waals surface area contributed by atoms with E-state index in [9.17, 15) is 4.57 Å². The summed E-state index contributed by atoms with van der Waals surface area (Å²) in [6, 6.07) is -0.774. The lowest BCUT2D eigenvalue weighted by Gasteiger charge is -2.23. The van der Waals surface area contributed by atoms with Crippen LogP contribution in [0.2, 0.25) is 0 Å². The predicted molar refractivity (Wildman–Crippen MR) is 52.9 cm³/mol. The number of methoxy groups -OCH3 is 1. The first-order chi connectivity index (χ1) is 6.89. The molecule has 6 nitrogen and oxygen atoms in total. The van der Waals surface area contributed by atoms with Crippen LogP contribution in [0, 0.1) is 0 Å². The summed E-state index contributed by atoms with van der Waals surface area (Å²) in [5.41, 5.74) is 0. The molecule has 2 radical (unpaired) electrons. The van der Waals surface area contributed by atoms with Gasteiger partial charge in [0.1, 0.15) is 26.2 Å². The van der Waals surface area contributed by atoms with Crippen LogP contribution in [-0.4, -0.2) is 62.5 Å². The summed E-state index contributed by atoms with van der Waals surface area (Å²) in [6.07, 6.45) is -2.25. The molecule has 1 aliphatic heterocycles. The van der Waals surface area contributed by atoms with Crippen molar-refractivity contribution in [3.8, 4) is 0 Å². The molecule has 1 rings (SSSR count). The Morgan fingerprint density at radius 1 is 1.53 bits per heavy atom. The van der Waals surface area contributed by atoms with Gasteiger partial charge in [0.05, 0.1) is 6.61 Å². The molecule has 0 saturated carbocycles. The van der Waals surface area contributed by atoms with Crippen molar-refractivity contribution in [2.75, 3.05) is 20.4 Å². The van der Waals surface area contributed by atoms with E-state index in [0.29, 0.717) is 0 Å². The topological polar surface area (TPSA) is 85.2 Å². The van der Waals surface area contributed by atoms with E-state index in [0.717, 1.165) is 6.66 Å². The summed E-state index contributed by atoms with van der Waals surface area (Å²) < 4.78 is 26.1. The van der Waals surface area contributed by atoms with Crippen LogP contribution in [-0.2, 0) is 18.6 Å². The largest absolute Gasteiger partial charge is 0.394 e. The second kappa shape index (κ2) is 4.95. The third-order valence-electron chi connectivity index (χ3n) is 2.12. The quantitative estimate of drug-likeness (QED) is 0.485. The van der Waals surface area contributed by atoms with Gasteiger partial charge in [-0.3, -0.25) is 9.09 Å². The van der Waals surface area contributed by atoms with E-state index < -0.39 is 31.9 Å². The number of ether oxygens (including phenoxy) is 2. The predicted octanol–water partition coefficient (Wildman–Crippen LogP) is -0.913. The molecule has 0 aromatic rings. The fourth-order valence-corrected chi connectivity index (χ4v) is 2.23. The molecule has 0 amide bonds. The highest BCUT2D eigenvalue weighted by Crippen LogP contribution is 2.42. The average Bonchev–Trinajstić information content (AvgIpc) is 2.39. The molecule has 0 spiro atoms. The molecular weight excluding hydrogens is 222 g/mol. The minimum Gasteiger partial charge on any atom is -0.394 e. The van der Waals surface area contributed by atoms with Gasteiger partial charge in [-0.2, -0.15) is 0 Å². The van der Waals surface area contributed by atoms with Crippen molar-refractivity contribution in [1.82, 2.24) is 0 Å². The Morgan fingerprint density at radius 3 is 2.53 bits per heavy atom. The monoisotopic (exact) mass is 236 g/mol. The van der Waals surface area contributed by atoms with Crippen LogP contribution < -0.4 is 0 Å². The van der Waals surface area contributed by atoms with Crippen LogP contribution in [0.15, 0.2) is 0 Å². The Balaban J connectivity index is 2.76. The molecule has 1 fully saturated rings. The van der Waals surface area contributed by atoms with Gasteiger partial charge in [0.15, 0.2) is 0 Å². The van der Waals surface area contributed by atoms with Crippen LogP contribution in [0.3, 0.4) is 0 Å². The minimum atomic E-state index is -3.67. The van der Waals surface area contributed by atoms with Gasteiger partial charge in [-0.15, -0.1) is 0 Å². The molecule has 0 aliphatic carbocycles. The van der Waals surface area contributed by atoms with Gasteiger partial charge in [-0.1, -0.05) is 0 Å². The van der Waals surface area contributed by atoms with Crippen molar-refractivity contribution in [2.45, 2.75) is 24.3 Å². The van der Waals surface area contributed by atoms with E-state index in [1.807, 2.05) is 0 Å². The summed E-state index contributed by atoms with van der Waals surface area (Å²) in [4.78, 5) is 9.09. The second-order valence-electron chi connectivity index (χ2n) is 3.40. The van der Waals surface area contributed by atoms with Gasteiger partial charge in [0, 0.05) is 19.8 Å². The van der Waals surface area contributed by atoms with E-state index in [-0.39, 0.29) is 6.61 Å². The Hall–Kier alpha value is 0.0949. The third-order valence-corrected chi connectivity index (χ3v) is 2.75. The lowest BCUT2D eigenvalue weighted by molar-refractivity contribution is -0.00491. The van der Waals surface area contributed by atoms with Crippen molar-refractivity contribution in [1.29, 1.82) is 0 Å². The van der Waals surface area contributed by atoms with Gasteiger partial charge in [-0.05, 0) is 0 Å². The van der Waals surface area contributed by atoms with Crippen molar-refractivity contribution in [3.63, 3.8) is 0 Å². The van der Waals surface area contributed by atoms with Gasteiger partial charge >= 0.3 is 7.60 Å². The maximum absolute atomic E-state index is 11.1. The fourth-order valence-electron chi connectivity index (χ4n) is 1.52. The third kappa shape index (κ3) is 3.27. The molecule has 1 saturated heterocycles. The first kappa shape index (κ1) is 13.2. The Labute approximate surface area is 89.5 Å². The first-order valence-corrected chi connectivity index (χ1v) is 6.45. The summed E-state index contributed by atoms with van der Waals surface area (Å²) in [6.45, 7) is 0.705. The first-order valence-electron chi connectivity index (χ1n) is 4.42. The zero-order valence-corrected chi connectivity index (χ0v) is 9.46. The summed E-state index contributed by atoms with van der Waals surface area (Å²) >= 11 is 0. The Morgan fingerprint density at radius 2 is 2.13 bits per heavy atom. The molecular formula is C7H14BO6P. The number of hydrogen-bond acceptors (Lipinski definition) is 5. The second-order valence-corrected chi connectivity index (χ2v) is 5.21. The van der Waals surface area contributed by atoms with Crippen LogP contribution in [0.25, 0.3) is 0 Å². The lowest BCUT2D eigenvalue weighted by atomic mass is 9.93. The standard InChI is InChI=1S/C7H14BO6P/c1-12-6-5(14-15(2,10)11)4(3-9)13-7(6)8/h4-7,9H,3H2,1-2H3,(H,10,11)/t4-,5+,6?,7-/m1/s1. The van der Waals surface area contributed by atoms with E-state index in [2.05, 4.69) is 0 Å². The van der Waals surface area contributed by atoms with Gasteiger partial charge in [0.25, 0.3) is 0 Å². The molecule has 0 bridgehead atoms. The fraction of sp³-hybridized carbons (Fsp3) is 1.00. The Kier molecular flexibility index (Phi) is 4.34. The summed E-state index contributed by atoms with van der Waals surface area (Å²) in [5.74, 6) is 0. The molecule has 86 valence electrons. The zero-order chi connectivity index (χ0) is 11.6. The number of aliphatic hydroxyl groups is 1. The van der Waals surface area contributed by atoms with Crippen LogP contribution in [0.4, 0.5) is 0 Å². The summed E-state index contributed by atoms with van der Waals surface area (Å²) in [7, 11) is 3.28. The molecule has 2 unspecified atom stereocenters. The van der Waals surface area contributed by atoms with E-state index in [4.69, 9.17) is 31.8 Å². The average molecular weight is 236 g/mol. The molecule has 2 N–H and O–H groups in total. The van der Waals surface area contributed by atoms with Crippen LogP contribution in [0.1, 0.15) is 0 Å². The maximum atomic E-state index is 11.1. The molecule has 8 heteroatoms. The van der Waals surface area contributed by atoms with Gasteiger partial charge in [-0.25, -0.2) is 0 Å². The smallest absolute Gasteiger partial charge is 0.325 e. The van der Waals surface area contributed by atoms with E-state index in [1.165, 1.54) is 7.11 Å². The molecule has 1 heterocycles. The number of rotatable bonds is 4. The molecule has 5 atom stereocenters. The molecule has 0 aromatic carbocycles. The zero-order valence-electron chi connectivity index (χ0n) is 8.57. The normalized spacial score (nSPS) is 40.3. The van der Waals surface area contributed by atoms with E-state index >= 15 is 0 Å². The van der Waals surface area contributed by atoms with Gasteiger partial charge < -0.3 is 19.5 Å². The highest BCUT2D eigenvalue weighted by molar-refractivity contribution is 7.51. The van der Waals surface area contributed by atoms with Crippen molar-refractivity contribution in [2.24, 2.45) is 0 Å². The van der Waals surface area contributed by atoms with Crippen molar-refractivity contribution >= 4 is 15.4 Å². The highest BCUT2D eigenvalue weighted by Gasteiger charge is 2.45. The summed E-state index contributed by atoms with van der Waals surface area (Å²) in [5, 5.41) is 8.98. The van der Waals surface area contributed by atoms with E-state index in [1.54, 1.807) is 0 Å². The maximum Gasteiger partial charge on any atom is 0.325 e. The highest BCUT2D eigenvalue weighted by atomic mass is 31.2. The lowest BCUT2D eigenvalue weighted by Crippen LogP contribution is -2.37. The van der Waals surface area contributed by atoms with Crippen molar-refractivity contribution in [3.05, 3.63) is 0 Å². The molecule has 1 aliphatic rings. The van der Waals surface area contributed by atoms with Crippen LogP contribution >= 0.6 is 7.60 Å². The number of hydrogen-bond donors (Lipinski definition) is 2. The van der Waals surface area contributed by atoms with Crippen LogP contribution in [0.5, 0.6) is 0 Å². The Bertz CT molecular complexity index is 256. The molecule has 15 heavy (non-hydrogen) atoms. The molecule has 0 aromatic heterocycles.